The molecule has 0 aliphatic carbocycles. The standard InChI is InChI=1S/C6H14O4.C2HF3O/c7-1-3-9-5-6-10-4-2-8;3-2(4,5)1-6/h7-8H,1-6H2;1H. The van der Waals surface area contributed by atoms with Crippen molar-refractivity contribution in [3.05, 3.63) is 0 Å². The number of hydrogen-bond acceptors (Lipinski definition) is 5. The molecular formula is C8H15F3O5. The summed E-state index contributed by atoms with van der Waals surface area (Å²) in [5, 5.41) is 16.5. The lowest BCUT2D eigenvalue weighted by Crippen LogP contribution is -2.09. The third kappa shape index (κ3) is 23.3. The molecule has 0 aromatic carbocycles. The Balaban J connectivity index is 0. The van der Waals surface area contributed by atoms with E-state index in [1.54, 1.807) is 0 Å². The van der Waals surface area contributed by atoms with Crippen molar-refractivity contribution in [3.8, 4) is 0 Å². The van der Waals surface area contributed by atoms with E-state index in [-0.39, 0.29) is 13.2 Å². The van der Waals surface area contributed by atoms with Crippen molar-refractivity contribution in [3.63, 3.8) is 0 Å². The van der Waals surface area contributed by atoms with E-state index in [9.17, 15) is 13.2 Å². The second-order valence-corrected chi connectivity index (χ2v) is 2.33. The molecule has 98 valence electrons. The lowest BCUT2D eigenvalue weighted by molar-refractivity contribution is -0.156. The molecule has 0 heterocycles. The van der Waals surface area contributed by atoms with E-state index in [1.807, 2.05) is 0 Å². The van der Waals surface area contributed by atoms with Crippen molar-refractivity contribution in [2.75, 3.05) is 39.6 Å². The molecule has 5 nitrogen and oxygen atoms in total. The molecule has 0 bridgehead atoms. The summed E-state index contributed by atoms with van der Waals surface area (Å²) >= 11 is 0. The van der Waals surface area contributed by atoms with Crippen LogP contribution in [-0.4, -0.2) is 62.3 Å². The van der Waals surface area contributed by atoms with Crippen molar-refractivity contribution in [2.24, 2.45) is 0 Å². The van der Waals surface area contributed by atoms with E-state index in [0.29, 0.717) is 26.4 Å². The fraction of sp³-hybridized carbons (Fsp3) is 0.875. The number of halogens is 3. The van der Waals surface area contributed by atoms with Crippen molar-refractivity contribution in [1.29, 1.82) is 0 Å². The topological polar surface area (TPSA) is 76.0 Å². The Morgan fingerprint density at radius 2 is 1.25 bits per heavy atom. The largest absolute Gasteiger partial charge is 0.446 e. The molecule has 0 amide bonds. The second kappa shape index (κ2) is 12.4. The van der Waals surface area contributed by atoms with Gasteiger partial charge in [-0.3, -0.25) is 4.79 Å². The summed E-state index contributed by atoms with van der Waals surface area (Å²) < 4.78 is 41.0. The van der Waals surface area contributed by atoms with E-state index in [4.69, 9.17) is 24.5 Å². The second-order valence-electron chi connectivity index (χ2n) is 2.33. The molecule has 0 atom stereocenters. The molecule has 0 saturated carbocycles. The zero-order valence-corrected chi connectivity index (χ0v) is 8.57. The zero-order valence-electron chi connectivity index (χ0n) is 8.57. The normalized spacial score (nSPS) is 10.6. The molecule has 16 heavy (non-hydrogen) atoms. The zero-order chi connectivity index (χ0) is 12.9. The summed E-state index contributed by atoms with van der Waals surface area (Å²) in [7, 11) is 0. The smallest absolute Gasteiger partial charge is 0.394 e. The van der Waals surface area contributed by atoms with Crippen LogP contribution in [0.2, 0.25) is 0 Å². The lowest BCUT2D eigenvalue weighted by Gasteiger charge is -2.01. The van der Waals surface area contributed by atoms with Gasteiger partial charge in [0.15, 0.2) is 0 Å². The van der Waals surface area contributed by atoms with Crippen LogP contribution in [0.1, 0.15) is 0 Å². The van der Waals surface area contributed by atoms with Gasteiger partial charge < -0.3 is 19.7 Å². The number of aldehydes is 1. The minimum atomic E-state index is -4.64. The third-order valence-electron chi connectivity index (χ3n) is 0.977. The number of aliphatic hydroxyl groups excluding tert-OH is 2. The maximum Gasteiger partial charge on any atom is 0.446 e. The molecule has 2 N–H and O–H groups in total. The molecular weight excluding hydrogens is 233 g/mol. The summed E-state index contributed by atoms with van der Waals surface area (Å²) in [5.74, 6) is 0. The SMILES string of the molecule is O=CC(F)(F)F.OCCOCCOCCO. The first-order valence-corrected chi connectivity index (χ1v) is 4.38. The fourth-order valence-corrected chi connectivity index (χ4v) is 0.451. The average molecular weight is 248 g/mol. The van der Waals surface area contributed by atoms with Gasteiger partial charge in [0.1, 0.15) is 0 Å². The molecule has 0 aromatic rings. The number of hydrogen-bond donors (Lipinski definition) is 2. The number of alkyl halides is 3. The van der Waals surface area contributed by atoms with Crippen LogP contribution >= 0.6 is 0 Å². The molecule has 0 radical (unpaired) electrons. The van der Waals surface area contributed by atoms with Crippen LogP contribution in [-0.2, 0) is 14.3 Å². The molecule has 0 aromatic heterocycles. The monoisotopic (exact) mass is 248 g/mol. The Morgan fingerprint density at radius 3 is 1.44 bits per heavy atom. The minimum Gasteiger partial charge on any atom is -0.394 e. The van der Waals surface area contributed by atoms with E-state index in [0.717, 1.165) is 0 Å². The van der Waals surface area contributed by atoms with E-state index < -0.39 is 12.5 Å². The summed E-state index contributed by atoms with van der Waals surface area (Å²) in [6.07, 6.45) is -5.70. The number of carbonyl (C=O) groups excluding carboxylic acids is 1. The molecule has 0 saturated heterocycles. The summed E-state index contributed by atoms with van der Waals surface area (Å²) in [4.78, 5) is 8.70. The van der Waals surface area contributed by atoms with Crippen LogP contribution < -0.4 is 0 Å². The predicted molar refractivity (Wildman–Crippen MR) is 47.9 cm³/mol. The number of rotatable bonds is 7. The van der Waals surface area contributed by atoms with Crippen LogP contribution in [0.4, 0.5) is 13.2 Å². The first-order valence-electron chi connectivity index (χ1n) is 4.38. The Hall–Kier alpha value is -0.700. The summed E-state index contributed by atoms with van der Waals surface area (Å²) in [6.45, 7) is 1.73. The predicted octanol–water partition coefficient (Wildman–Crippen LogP) is -0.248. The van der Waals surface area contributed by atoms with Crippen LogP contribution in [0.15, 0.2) is 0 Å². The highest BCUT2D eigenvalue weighted by atomic mass is 19.4. The highest BCUT2D eigenvalue weighted by Gasteiger charge is 2.24. The van der Waals surface area contributed by atoms with Crippen molar-refractivity contribution in [1.82, 2.24) is 0 Å². The third-order valence-corrected chi connectivity index (χ3v) is 0.977. The summed E-state index contributed by atoms with van der Waals surface area (Å²) in [5.41, 5.74) is 0. The van der Waals surface area contributed by atoms with E-state index in [2.05, 4.69) is 0 Å². The average Bonchev–Trinajstić information content (AvgIpc) is 2.23. The summed E-state index contributed by atoms with van der Waals surface area (Å²) in [6, 6.07) is 0. The Labute approximate surface area is 90.8 Å². The van der Waals surface area contributed by atoms with Gasteiger partial charge in [0, 0.05) is 0 Å². The highest BCUT2D eigenvalue weighted by Crippen LogP contribution is 2.08. The maximum atomic E-state index is 10.4. The van der Waals surface area contributed by atoms with Crippen LogP contribution in [0.25, 0.3) is 0 Å². The van der Waals surface area contributed by atoms with Crippen molar-refractivity contribution < 1.29 is 37.7 Å². The molecule has 0 rings (SSSR count). The highest BCUT2D eigenvalue weighted by molar-refractivity contribution is 5.56. The van der Waals surface area contributed by atoms with Gasteiger partial charge >= 0.3 is 6.18 Å². The van der Waals surface area contributed by atoms with Gasteiger partial charge in [-0.15, -0.1) is 0 Å². The van der Waals surface area contributed by atoms with Crippen LogP contribution in [0.5, 0.6) is 0 Å². The molecule has 8 heteroatoms. The van der Waals surface area contributed by atoms with Crippen LogP contribution in [0.3, 0.4) is 0 Å². The maximum absolute atomic E-state index is 10.4. The molecule has 0 unspecified atom stereocenters. The van der Waals surface area contributed by atoms with Gasteiger partial charge in [-0.25, -0.2) is 0 Å². The van der Waals surface area contributed by atoms with Gasteiger partial charge in [0.05, 0.1) is 39.6 Å². The van der Waals surface area contributed by atoms with E-state index in [1.165, 1.54) is 0 Å². The molecule has 0 aliphatic heterocycles. The van der Waals surface area contributed by atoms with E-state index >= 15 is 0 Å². The van der Waals surface area contributed by atoms with Gasteiger partial charge in [0.2, 0.25) is 6.29 Å². The molecule has 0 aliphatic rings. The quantitative estimate of drug-likeness (QED) is 0.480. The fourth-order valence-electron chi connectivity index (χ4n) is 0.451. The van der Waals surface area contributed by atoms with Gasteiger partial charge in [0.25, 0.3) is 0 Å². The Kier molecular flexibility index (Phi) is 13.7. The van der Waals surface area contributed by atoms with Crippen molar-refractivity contribution in [2.45, 2.75) is 6.18 Å². The first-order chi connectivity index (χ1) is 7.47. The van der Waals surface area contributed by atoms with Gasteiger partial charge in [-0.1, -0.05) is 0 Å². The van der Waals surface area contributed by atoms with Gasteiger partial charge in [-0.05, 0) is 0 Å². The minimum absolute atomic E-state index is 0.0417. The number of ether oxygens (including phenoxy) is 2. The molecule has 0 spiro atoms. The van der Waals surface area contributed by atoms with Crippen LogP contribution in [0, 0.1) is 0 Å². The molecule has 0 fully saturated rings. The Bertz CT molecular complexity index is 143. The van der Waals surface area contributed by atoms with Crippen molar-refractivity contribution >= 4 is 6.29 Å². The van der Waals surface area contributed by atoms with Gasteiger partial charge in [-0.2, -0.15) is 13.2 Å². The number of aliphatic hydroxyl groups is 2. The Morgan fingerprint density at radius 1 is 0.938 bits per heavy atom. The first kappa shape index (κ1) is 17.7. The lowest BCUT2D eigenvalue weighted by atomic mass is 10.7. The number of carbonyl (C=O) groups is 1.